The first-order chi connectivity index (χ1) is 28.6. The number of carbonyl (C=O) groups is 4. The number of aromatic amines is 1. The molecule has 3 aromatic rings. The molecule has 0 saturated heterocycles. The number of nitrogens with one attached hydrogen (secondary N) is 1. The van der Waals surface area contributed by atoms with Crippen molar-refractivity contribution in [2.75, 3.05) is 13.2 Å². The Hall–Kier alpha value is -2.70. The molecule has 0 radical (unpaired) electrons. The molecule has 62 heavy (non-hydrogen) atoms. The van der Waals surface area contributed by atoms with Gasteiger partial charge in [0.15, 0.2) is 11.1 Å². The first-order valence-electron chi connectivity index (χ1n) is 21.3. The van der Waals surface area contributed by atoms with Gasteiger partial charge in [0.2, 0.25) is 5.91 Å². The standard InChI is InChI=1S/C24H29N5O3.C20H38O7S.2Na.2H/c1-4-5-10-21(30)29(22(16(2)3)24(31)32)15-17-11-13-18(14-12-17)19-8-6-7-9-20(19)23-25-27-28-26-23;1-5-9-11-16(7-3)14-26-19(21)13-18(28(23,24)25)20(22)27-15-17(8-4)12-10-6-2;;;;/h6-9,11-14,16,22H,4-5,10,15H2,1-3H3,(H,31,32)(H,25,26,27,28);16-18H,5-15H2,1-4H3,(H,23,24,25);;;;/t22-;;;;;/m0...../s1. The first kappa shape index (κ1) is 59.3. The predicted molar refractivity (Wildman–Crippen MR) is 244 cm³/mol. The number of aliphatic carboxylic acids is 1. The number of nitrogens with zero attached hydrogens (tertiary/aromatic N) is 4. The average molecular weight is 906 g/mol. The predicted octanol–water partition coefficient (Wildman–Crippen LogP) is 7.02. The van der Waals surface area contributed by atoms with Gasteiger partial charge in [0, 0.05) is 18.5 Å². The number of carboxylic acid groups (broad SMARTS) is 1. The maximum absolute atomic E-state index is 12.9. The van der Waals surface area contributed by atoms with Crippen LogP contribution in [0.1, 0.15) is 131 Å². The van der Waals surface area contributed by atoms with Crippen molar-refractivity contribution in [1.82, 2.24) is 25.5 Å². The van der Waals surface area contributed by atoms with Crippen LogP contribution in [-0.4, -0.2) is 151 Å². The van der Waals surface area contributed by atoms with Gasteiger partial charge >= 0.3 is 77.0 Å². The Balaban J connectivity index is 0.00000118. The van der Waals surface area contributed by atoms with Crippen LogP contribution >= 0.6 is 0 Å². The van der Waals surface area contributed by atoms with Gasteiger partial charge in [-0.3, -0.25) is 18.9 Å². The van der Waals surface area contributed by atoms with E-state index in [0.29, 0.717) is 12.2 Å². The molecule has 0 aliphatic heterocycles. The molecule has 0 aliphatic rings. The van der Waals surface area contributed by atoms with Gasteiger partial charge in [-0.15, -0.1) is 5.10 Å². The zero-order chi connectivity index (χ0) is 44.7. The Morgan fingerprint density at radius 2 is 1.34 bits per heavy atom. The van der Waals surface area contributed by atoms with Crippen molar-refractivity contribution in [2.24, 2.45) is 17.8 Å². The van der Waals surface area contributed by atoms with Crippen molar-refractivity contribution in [1.29, 1.82) is 0 Å². The molecular formula is C44H69N5Na2O10S. The third-order valence-electron chi connectivity index (χ3n) is 10.4. The normalized spacial score (nSPS) is 12.9. The van der Waals surface area contributed by atoms with Crippen LogP contribution in [-0.2, 0) is 45.3 Å². The minimum absolute atomic E-state index is 0. The molecule has 0 fully saturated rings. The van der Waals surface area contributed by atoms with Gasteiger partial charge in [0.05, 0.1) is 19.6 Å². The fourth-order valence-corrected chi connectivity index (χ4v) is 7.27. The third kappa shape index (κ3) is 20.9. The van der Waals surface area contributed by atoms with E-state index in [2.05, 4.69) is 34.5 Å². The Morgan fingerprint density at radius 1 is 0.790 bits per heavy atom. The van der Waals surface area contributed by atoms with Crippen LogP contribution in [0.25, 0.3) is 22.5 Å². The topological polar surface area (TPSA) is 219 Å². The van der Waals surface area contributed by atoms with E-state index in [1.807, 2.05) is 83.1 Å². The Bertz CT molecular complexity index is 1850. The van der Waals surface area contributed by atoms with Crippen LogP contribution in [0.4, 0.5) is 0 Å². The molecule has 4 atom stereocenters. The van der Waals surface area contributed by atoms with Crippen LogP contribution in [0.5, 0.6) is 0 Å². The number of amides is 1. The zero-order valence-corrected chi connectivity index (χ0v) is 37.3. The van der Waals surface area contributed by atoms with Gasteiger partial charge in [-0.05, 0) is 64.1 Å². The molecule has 338 valence electrons. The van der Waals surface area contributed by atoms with Crippen LogP contribution in [0.3, 0.4) is 0 Å². The summed E-state index contributed by atoms with van der Waals surface area (Å²) in [7, 11) is -4.76. The Morgan fingerprint density at radius 3 is 1.81 bits per heavy atom. The van der Waals surface area contributed by atoms with E-state index in [0.717, 1.165) is 86.5 Å². The summed E-state index contributed by atoms with van der Waals surface area (Å²) < 4.78 is 42.8. The molecule has 0 aliphatic carbocycles. The number of aromatic nitrogens is 4. The number of ether oxygens (including phenoxy) is 2. The molecule has 2 aromatic carbocycles. The molecule has 3 rings (SSSR count). The Labute approximate surface area is 413 Å². The summed E-state index contributed by atoms with van der Waals surface area (Å²) in [6, 6.07) is 14.8. The molecular weight excluding hydrogens is 837 g/mol. The molecule has 0 spiro atoms. The van der Waals surface area contributed by atoms with E-state index in [1.54, 1.807) is 0 Å². The van der Waals surface area contributed by atoms with Crippen molar-refractivity contribution in [3.63, 3.8) is 0 Å². The number of hydrogen-bond donors (Lipinski definition) is 3. The summed E-state index contributed by atoms with van der Waals surface area (Å²) in [4.78, 5) is 50.5. The third-order valence-corrected chi connectivity index (χ3v) is 11.5. The summed E-state index contributed by atoms with van der Waals surface area (Å²) in [6.07, 6.45) is 8.72. The molecule has 18 heteroatoms. The molecule has 3 N–H and O–H groups in total. The second-order valence-electron chi connectivity index (χ2n) is 15.5. The summed E-state index contributed by atoms with van der Waals surface area (Å²) in [5, 5.41) is 21.9. The molecule has 1 aromatic heterocycles. The summed E-state index contributed by atoms with van der Waals surface area (Å²) >= 11 is 0. The van der Waals surface area contributed by atoms with Crippen LogP contribution in [0, 0.1) is 17.8 Å². The first-order valence-corrected chi connectivity index (χ1v) is 22.8. The molecule has 0 bridgehead atoms. The zero-order valence-electron chi connectivity index (χ0n) is 36.5. The van der Waals surface area contributed by atoms with Gasteiger partial charge in [-0.2, -0.15) is 8.42 Å². The molecule has 15 nitrogen and oxygen atoms in total. The fraction of sp³-hybridized carbons (Fsp3) is 0.614. The second kappa shape index (κ2) is 32.0. The van der Waals surface area contributed by atoms with E-state index in [4.69, 9.17) is 9.47 Å². The Kier molecular flexibility index (Phi) is 30.6. The minimum atomic E-state index is -4.76. The van der Waals surface area contributed by atoms with Crippen LogP contribution < -0.4 is 0 Å². The summed E-state index contributed by atoms with van der Waals surface area (Å²) in [5.41, 5.74) is 3.71. The van der Waals surface area contributed by atoms with E-state index in [-0.39, 0.29) is 103 Å². The average Bonchev–Trinajstić information content (AvgIpc) is 3.77. The van der Waals surface area contributed by atoms with Crippen LogP contribution in [0.15, 0.2) is 48.5 Å². The number of tetrazole rings is 1. The number of benzene rings is 2. The molecule has 0 saturated carbocycles. The fourth-order valence-electron chi connectivity index (χ4n) is 6.61. The molecule has 1 heterocycles. The van der Waals surface area contributed by atoms with Crippen molar-refractivity contribution < 1.29 is 46.7 Å². The van der Waals surface area contributed by atoms with Gasteiger partial charge in [0.1, 0.15) is 6.04 Å². The van der Waals surface area contributed by atoms with E-state index in [9.17, 15) is 37.3 Å². The van der Waals surface area contributed by atoms with E-state index in [1.165, 1.54) is 4.90 Å². The number of carbonyl (C=O) groups excluding carboxylic acids is 3. The SMILES string of the molecule is CCCCC(=O)N(Cc1ccc(-c2ccccc2-c2nnn[nH]2)cc1)[C@H](C(=O)O)C(C)C.CCCCC(CC)COC(=O)CC(C(=O)OCC(CC)CCCC)S(=O)(=O)O.[NaH].[NaH]. The van der Waals surface area contributed by atoms with Gasteiger partial charge in [-0.25, -0.2) is 9.89 Å². The van der Waals surface area contributed by atoms with Crippen LogP contribution in [0.2, 0.25) is 0 Å². The van der Waals surface area contributed by atoms with Gasteiger partial charge < -0.3 is 19.5 Å². The maximum atomic E-state index is 12.9. The van der Waals surface area contributed by atoms with E-state index >= 15 is 0 Å². The number of esters is 2. The quantitative estimate of drug-likeness (QED) is 0.0420. The van der Waals surface area contributed by atoms with Gasteiger partial charge in [0.25, 0.3) is 10.1 Å². The number of H-pyrrole nitrogens is 1. The number of unbranched alkanes of at least 4 members (excludes halogenated alkanes) is 3. The van der Waals surface area contributed by atoms with Crippen molar-refractivity contribution in [3.8, 4) is 22.5 Å². The second-order valence-corrected chi connectivity index (χ2v) is 17.1. The van der Waals surface area contributed by atoms with Crippen molar-refractivity contribution in [2.45, 2.75) is 143 Å². The summed E-state index contributed by atoms with van der Waals surface area (Å²) in [5.74, 6) is -2.32. The summed E-state index contributed by atoms with van der Waals surface area (Å²) in [6.45, 7) is 14.3. The molecule has 1 amide bonds. The molecule has 3 unspecified atom stereocenters. The van der Waals surface area contributed by atoms with Crippen molar-refractivity contribution >= 4 is 93.0 Å². The van der Waals surface area contributed by atoms with Crippen molar-refractivity contribution in [3.05, 3.63) is 54.1 Å². The van der Waals surface area contributed by atoms with E-state index < -0.39 is 45.7 Å². The monoisotopic (exact) mass is 905 g/mol. The number of carboxylic acids is 1. The number of hydrogen-bond acceptors (Lipinski definition) is 11. The van der Waals surface area contributed by atoms with Gasteiger partial charge in [-0.1, -0.05) is 142 Å². The number of rotatable bonds is 26.